The molecule has 0 saturated carbocycles. The van der Waals surface area contributed by atoms with Crippen molar-refractivity contribution >= 4 is 70.3 Å². The second-order valence-electron chi connectivity index (χ2n) is 15.4. The van der Waals surface area contributed by atoms with E-state index < -0.39 is 11.9 Å². The molecule has 2 aromatic heterocycles. The molecule has 2 aromatic rings. The average Bonchev–Trinajstić information content (AvgIpc) is 3.77. The molecule has 0 amide bonds. The number of hydrogen-bond donors (Lipinski definition) is 0. The Morgan fingerprint density at radius 2 is 1.74 bits per heavy atom. The van der Waals surface area contributed by atoms with Gasteiger partial charge in [0, 0.05) is 12.0 Å². The van der Waals surface area contributed by atoms with Gasteiger partial charge in [-0.3, -0.25) is 14.4 Å². The summed E-state index contributed by atoms with van der Waals surface area (Å²) in [5, 5.41) is 17.4. The van der Waals surface area contributed by atoms with Crippen LogP contribution in [0.4, 0.5) is 0 Å². The predicted octanol–water partition coefficient (Wildman–Crippen LogP) is 7.30. The van der Waals surface area contributed by atoms with Gasteiger partial charge in [0.05, 0.1) is 7.11 Å². The number of ether oxygens (including phenoxy) is 2. The number of esters is 2. The van der Waals surface area contributed by atoms with Crippen LogP contribution in [0.25, 0.3) is 34.5 Å². The quantitative estimate of drug-likeness (QED) is 0.0579. The van der Waals surface area contributed by atoms with E-state index in [9.17, 15) is 19.8 Å². The van der Waals surface area contributed by atoms with E-state index in [0.29, 0.717) is 45.6 Å². The van der Waals surface area contributed by atoms with Crippen LogP contribution in [0.15, 0.2) is 23.9 Å². The van der Waals surface area contributed by atoms with E-state index in [2.05, 4.69) is 41.2 Å². The molecule has 1 aliphatic heterocycles. The minimum Gasteiger partial charge on any atom is -0.807 e. The molecule has 1 fully saturated rings. The van der Waals surface area contributed by atoms with Crippen LogP contribution < -0.4 is 20.7 Å². The SMILES string of the molecule is C=Cc1c(C)/c(=C/C2[N-]/C(=C3\c4[n-]c(C)c(C)c4C(=O)[C@@H]3C(=O)OC)[C@@H](CCC(=O)OC/C=C(\C)CCCC(C)C)[C@@H]2C)[n-]/c1=C\C(=[N-])C(C)CCC.[Mg+2]. The average molecular weight is 747 g/mol. The smallest absolute Gasteiger partial charge is 0.807 e. The molecule has 5 atom stereocenters. The third-order valence-electron chi connectivity index (χ3n) is 11.0. The van der Waals surface area contributed by atoms with Crippen molar-refractivity contribution in [2.75, 3.05) is 13.7 Å². The number of rotatable bonds is 16. The van der Waals surface area contributed by atoms with Crippen molar-refractivity contribution in [3.05, 3.63) is 79.0 Å². The summed E-state index contributed by atoms with van der Waals surface area (Å²) in [5.41, 5.74) is 6.64. The van der Waals surface area contributed by atoms with Gasteiger partial charge in [0.2, 0.25) is 0 Å². The number of carbonyl (C=O) groups excluding carboxylic acids is 3. The normalized spacial score (nSPS) is 22.3. The van der Waals surface area contributed by atoms with E-state index in [4.69, 9.17) is 24.8 Å². The zero-order valence-corrected chi connectivity index (χ0v) is 35.6. The van der Waals surface area contributed by atoms with E-state index in [0.717, 1.165) is 54.5 Å². The van der Waals surface area contributed by atoms with Crippen LogP contribution in [0, 0.1) is 50.4 Å². The third-order valence-corrected chi connectivity index (χ3v) is 11.0. The number of methoxy groups -OCH3 is 1. The van der Waals surface area contributed by atoms with E-state index in [1.165, 1.54) is 12.7 Å². The molecule has 288 valence electrons. The van der Waals surface area contributed by atoms with Crippen LogP contribution in [0.1, 0.15) is 125 Å². The number of nitrogens with zero attached hydrogens (tertiary/aromatic N) is 4. The molecule has 0 aromatic carbocycles. The fraction of sp³-hybridized carbons (Fsp3) is 0.545. The Kier molecular flexibility index (Phi) is 16.4. The predicted molar refractivity (Wildman–Crippen MR) is 219 cm³/mol. The summed E-state index contributed by atoms with van der Waals surface area (Å²) in [6.45, 7) is 22.5. The number of carbonyl (C=O) groups is 3. The summed E-state index contributed by atoms with van der Waals surface area (Å²) in [6.07, 6.45) is 13.1. The fourth-order valence-corrected chi connectivity index (χ4v) is 7.58. The van der Waals surface area contributed by atoms with Gasteiger partial charge < -0.3 is 30.2 Å². The number of aromatic nitrogens is 2. The van der Waals surface area contributed by atoms with Crippen LogP contribution >= 0.6 is 0 Å². The Hall–Kier alpha value is -3.63. The second-order valence-corrected chi connectivity index (χ2v) is 15.4. The van der Waals surface area contributed by atoms with Crippen LogP contribution in [-0.2, 0) is 19.1 Å². The molecule has 0 spiro atoms. The molecule has 1 aliphatic carbocycles. The van der Waals surface area contributed by atoms with Crippen molar-refractivity contribution in [2.24, 2.45) is 29.6 Å². The molecule has 10 heteroatoms. The van der Waals surface area contributed by atoms with Gasteiger partial charge in [-0.05, 0) is 81.8 Å². The number of fused-ring (bicyclic) bond motifs is 1. The van der Waals surface area contributed by atoms with E-state index in [-0.39, 0.29) is 77.3 Å². The molecule has 0 bridgehead atoms. The Bertz CT molecular complexity index is 1910. The van der Waals surface area contributed by atoms with Gasteiger partial charge in [-0.25, -0.2) is 0 Å². The van der Waals surface area contributed by atoms with Gasteiger partial charge in [0.15, 0.2) is 5.78 Å². The van der Waals surface area contributed by atoms with Gasteiger partial charge in [-0.1, -0.05) is 101 Å². The monoisotopic (exact) mass is 746 g/mol. The molecular formula is C44H58MgN4O5-2. The number of Topliss-reactive ketones (excluding diaryl/α,β-unsaturated/α-hetero) is 1. The van der Waals surface area contributed by atoms with Gasteiger partial charge in [0.1, 0.15) is 12.5 Å². The van der Waals surface area contributed by atoms with Crippen molar-refractivity contribution in [3.8, 4) is 0 Å². The summed E-state index contributed by atoms with van der Waals surface area (Å²) in [5.74, 6) is -2.25. The molecule has 9 nitrogen and oxygen atoms in total. The largest absolute Gasteiger partial charge is 2.00 e. The maximum atomic E-state index is 13.8. The zero-order valence-electron chi connectivity index (χ0n) is 34.2. The summed E-state index contributed by atoms with van der Waals surface area (Å²) in [7, 11) is 1.28. The van der Waals surface area contributed by atoms with Gasteiger partial charge in [-0.2, -0.15) is 17.1 Å². The Morgan fingerprint density at radius 3 is 2.37 bits per heavy atom. The molecule has 0 radical (unpaired) electrons. The summed E-state index contributed by atoms with van der Waals surface area (Å²) >= 11 is 0. The molecule has 4 rings (SSSR count). The molecule has 2 unspecified atom stereocenters. The number of ketones is 1. The Balaban J connectivity index is 0.00000784. The van der Waals surface area contributed by atoms with Crippen molar-refractivity contribution in [1.29, 1.82) is 0 Å². The minimum absolute atomic E-state index is 0. The fourth-order valence-electron chi connectivity index (χ4n) is 7.58. The molecule has 0 N–H and O–H groups in total. The van der Waals surface area contributed by atoms with Crippen molar-refractivity contribution < 1.29 is 23.9 Å². The first-order valence-corrected chi connectivity index (χ1v) is 19.2. The topological polar surface area (TPSA) is 134 Å². The molecule has 1 saturated heterocycles. The summed E-state index contributed by atoms with van der Waals surface area (Å²) in [4.78, 5) is 49.9. The standard InChI is InChI=1S/C44H59N4O5.Mg/c1-12-15-26(6)33(45)22-36-31(13-2)28(8)34(47-36)23-35-29(9)32(18-19-37(49)53-21-20-25(5)17-14-16-24(3)4)41(48-35)39-40(44(51)52-11)43(50)38-27(7)30(10)46-42(38)39;/h13,20,22-24,26,29,32,35,40H,2,12,14-19,21H2,1,3-11H3,(H-3,45,46,47,48,50);/q-3;+2/p-1/b25-20+,34-23-;/t26?,29-,32-,35?,40+;/m0./s1. The maximum Gasteiger partial charge on any atom is 2.00 e. The Morgan fingerprint density at radius 1 is 1.04 bits per heavy atom. The van der Waals surface area contributed by atoms with Crippen molar-refractivity contribution in [2.45, 2.75) is 113 Å². The van der Waals surface area contributed by atoms with Crippen LogP contribution in [0.5, 0.6) is 0 Å². The number of hydrogen-bond acceptors (Lipinski definition) is 5. The van der Waals surface area contributed by atoms with Gasteiger partial charge >= 0.3 is 35.0 Å². The minimum atomic E-state index is -1.18. The molecule has 3 heterocycles. The van der Waals surface area contributed by atoms with Gasteiger partial charge in [0.25, 0.3) is 0 Å². The van der Waals surface area contributed by atoms with Crippen molar-refractivity contribution in [3.63, 3.8) is 0 Å². The first-order valence-electron chi connectivity index (χ1n) is 19.2. The van der Waals surface area contributed by atoms with E-state index in [1.54, 1.807) is 12.2 Å². The van der Waals surface area contributed by atoms with Gasteiger partial charge in [-0.15, -0.1) is 22.5 Å². The maximum absolute atomic E-state index is 13.8. The zero-order chi connectivity index (χ0) is 39.1. The molecular weight excluding hydrogens is 689 g/mol. The number of aryl methyl sites for hydroxylation is 1. The van der Waals surface area contributed by atoms with Crippen LogP contribution in [0.3, 0.4) is 0 Å². The molecule has 2 aliphatic rings. The second kappa shape index (κ2) is 19.8. The summed E-state index contributed by atoms with van der Waals surface area (Å²) < 4.78 is 10.8. The van der Waals surface area contributed by atoms with Crippen molar-refractivity contribution in [1.82, 2.24) is 9.97 Å². The van der Waals surface area contributed by atoms with E-state index in [1.807, 2.05) is 39.8 Å². The number of allylic oxidation sites excluding steroid dienone is 2. The van der Waals surface area contributed by atoms with Crippen LogP contribution in [-0.4, -0.2) is 66.2 Å². The first-order chi connectivity index (χ1) is 25.1. The van der Waals surface area contributed by atoms with Crippen LogP contribution in [0.2, 0.25) is 0 Å². The first kappa shape index (κ1) is 44.8. The third kappa shape index (κ3) is 9.96. The molecule has 54 heavy (non-hydrogen) atoms. The van der Waals surface area contributed by atoms with E-state index >= 15 is 0 Å². The summed E-state index contributed by atoms with van der Waals surface area (Å²) in [6, 6.07) is -0.389. The Labute approximate surface area is 338 Å².